The second-order valence-corrected chi connectivity index (χ2v) is 5.00. The van der Waals surface area contributed by atoms with Gasteiger partial charge >= 0.3 is 0 Å². The van der Waals surface area contributed by atoms with Crippen LogP contribution in [0.4, 0.5) is 4.39 Å². The normalized spacial score (nSPS) is 12.2. The summed E-state index contributed by atoms with van der Waals surface area (Å²) in [6.45, 7) is 2.67. The minimum atomic E-state index is -0.395. The Labute approximate surface area is 123 Å². The van der Waals surface area contributed by atoms with Crippen molar-refractivity contribution in [2.75, 3.05) is 7.11 Å². The molecule has 4 heteroatoms. The molecule has 0 heterocycles. The molecule has 0 bridgehead atoms. The van der Waals surface area contributed by atoms with Crippen molar-refractivity contribution < 1.29 is 9.13 Å². The van der Waals surface area contributed by atoms with Gasteiger partial charge in [0.2, 0.25) is 0 Å². The number of hydrogen-bond donors (Lipinski definition) is 1. The number of para-hydroxylation sites is 1. The van der Waals surface area contributed by atoms with Gasteiger partial charge in [-0.25, -0.2) is 4.39 Å². The smallest absolute Gasteiger partial charge is 0.141 e. The summed E-state index contributed by atoms with van der Waals surface area (Å²) in [4.78, 5) is 0. The highest BCUT2D eigenvalue weighted by Gasteiger charge is 2.10. The molecule has 2 nitrogen and oxygen atoms in total. The maximum atomic E-state index is 13.1. The van der Waals surface area contributed by atoms with E-state index >= 15 is 0 Å². The highest BCUT2D eigenvalue weighted by atomic mass is 35.5. The highest BCUT2D eigenvalue weighted by molar-refractivity contribution is 6.30. The molecule has 106 valence electrons. The molecule has 1 atom stereocenters. The first-order valence-electron chi connectivity index (χ1n) is 6.42. The highest BCUT2D eigenvalue weighted by Crippen LogP contribution is 2.24. The zero-order valence-electron chi connectivity index (χ0n) is 11.5. The second kappa shape index (κ2) is 6.73. The first-order chi connectivity index (χ1) is 9.61. The monoisotopic (exact) mass is 293 g/mol. The molecule has 0 amide bonds. The van der Waals surface area contributed by atoms with E-state index in [4.69, 9.17) is 16.3 Å². The number of hydrogen-bond acceptors (Lipinski definition) is 2. The summed E-state index contributed by atoms with van der Waals surface area (Å²) in [6, 6.07) is 12.7. The third kappa shape index (κ3) is 3.50. The molecule has 0 aromatic heterocycles. The van der Waals surface area contributed by atoms with E-state index in [1.54, 1.807) is 19.2 Å². The van der Waals surface area contributed by atoms with Crippen molar-refractivity contribution in [3.05, 3.63) is 64.4 Å². The molecule has 0 radical (unpaired) electrons. The Hall–Kier alpha value is -1.58. The summed E-state index contributed by atoms with van der Waals surface area (Å²) >= 11 is 5.77. The number of ether oxygens (including phenoxy) is 1. The predicted molar refractivity (Wildman–Crippen MR) is 79.7 cm³/mol. The molecular formula is C16H17ClFNO. The topological polar surface area (TPSA) is 21.3 Å². The Balaban J connectivity index is 2.04. The molecule has 20 heavy (non-hydrogen) atoms. The van der Waals surface area contributed by atoms with Gasteiger partial charge in [-0.05, 0) is 30.7 Å². The third-order valence-electron chi connectivity index (χ3n) is 3.20. The van der Waals surface area contributed by atoms with Gasteiger partial charge in [0.05, 0.1) is 12.1 Å². The van der Waals surface area contributed by atoms with E-state index in [2.05, 4.69) is 12.2 Å². The average molecular weight is 294 g/mol. The van der Waals surface area contributed by atoms with Crippen molar-refractivity contribution in [2.45, 2.75) is 19.5 Å². The lowest BCUT2D eigenvalue weighted by Crippen LogP contribution is -2.18. The lowest BCUT2D eigenvalue weighted by Gasteiger charge is -2.17. The van der Waals surface area contributed by atoms with Crippen molar-refractivity contribution in [3.8, 4) is 5.75 Å². The summed E-state index contributed by atoms with van der Waals surface area (Å²) in [5.74, 6) is 0.456. The Kier molecular flexibility index (Phi) is 4.99. The van der Waals surface area contributed by atoms with E-state index in [-0.39, 0.29) is 11.1 Å². The molecule has 0 aliphatic rings. The first-order valence-corrected chi connectivity index (χ1v) is 6.80. The van der Waals surface area contributed by atoms with Gasteiger partial charge in [0, 0.05) is 18.2 Å². The molecule has 0 unspecified atom stereocenters. The summed E-state index contributed by atoms with van der Waals surface area (Å²) in [5.41, 5.74) is 2.03. The Morgan fingerprint density at radius 2 is 2.00 bits per heavy atom. The van der Waals surface area contributed by atoms with Crippen LogP contribution < -0.4 is 10.1 Å². The molecule has 2 rings (SSSR count). The van der Waals surface area contributed by atoms with Crippen molar-refractivity contribution >= 4 is 11.6 Å². The van der Waals surface area contributed by atoms with Crippen LogP contribution in [0.5, 0.6) is 5.75 Å². The van der Waals surface area contributed by atoms with E-state index in [1.807, 2.05) is 24.3 Å². The lowest BCUT2D eigenvalue weighted by atomic mass is 10.1. The third-order valence-corrected chi connectivity index (χ3v) is 3.49. The van der Waals surface area contributed by atoms with E-state index in [0.29, 0.717) is 6.54 Å². The van der Waals surface area contributed by atoms with Gasteiger partial charge in [-0.3, -0.25) is 0 Å². The van der Waals surface area contributed by atoms with Crippen molar-refractivity contribution in [3.63, 3.8) is 0 Å². The maximum absolute atomic E-state index is 13.1. The lowest BCUT2D eigenvalue weighted by molar-refractivity contribution is 0.401. The predicted octanol–water partition coefficient (Wildman–Crippen LogP) is 4.34. The summed E-state index contributed by atoms with van der Waals surface area (Å²) in [5, 5.41) is 3.52. The summed E-state index contributed by atoms with van der Waals surface area (Å²) < 4.78 is 18.4. The first kappa shape index (κ1) is 14.8. The standard InChI is InChI=1S/C16H17ClFNO/c1-11(13-5-3-4-6-16(13)20-2)19-10-12-7-8-15(18)14(17)9-12/h3-9,11,19H,10H2,1-2H3/t11-/m1/s1. The molecule has 0 aliphatic heterocycles. The van der Waals surface area contributed by atoms with Gasteiger partial charge in [-0.2, -0.15) is 0 Å². The minimum Gasteiger partial charge on any atom is -0.496 e. The number of nitrogens with one attached hydrogen (secondary N) is 1. The van der Waals surface area contributed by atoms with Crippen molar-refractivity contribution in [1.82, 2.24) is 5.32 Å². The fourth-order valence-corrected chi connectivity index (χ4v) is 2.26. The Morgan fingerprint density at radius 1 is 1.25 bits per heavy atom. The SMILES string of the molecule is COc1ccccc1[C@@H](C)NCc1ccc(F)c(Cl)c1. The van der Waals surface area contributed by atoms with Gasteiger partial charge < -0.3 is 10.1 Å². The average Bonchev–Trinajstić information content (AvgIpc) is 2.48. The molecule has 0 aliphatic carbocycles. The van der Waals surface area contributed by atoms with Gasteiger partial charge in [-0.1, -0.05) is 35.9 Å². The molecule has 0 fully saturated rings. The molecular weight excluding hydrogens is 277 g/mol. The van der Waals surface area contributed by atoms with E-state index in [0.717, 1.165) is 16.9 Å². The summed E-state index contributed by atoms with van der Waals surface area (Å²) in [6.07, 6.45) is 0. The molecule has 0 saturated heterocycles. The van der Waals surface area contributed by atoms with Crippen LogP contribution in [0.25, 0.3) is 0 Å². The number of halogens is 2. The number of methoxy groups -OCH3 is 1. The van der Waals surface area contributed by atoms with Crippen LogP contribution in [0.15, 0.2) is 42.5 Å². The maximum Gasteiger partial charge on any atom is 0.141 e. The molecule has 2 aromatic carbocycles. The molecule has 0 spiro atoms. The van der Waals surface area contributed by atoms with Crippen LogP contribution in [0.1, 0.15) is 24.1 Å². The van der Waals surface area contributed by atoms with Crippen LogP contribution in [0.3, 0.4) is 0 Å². The fraction of sp³-hybridized carbons (Fsp3) is 0.250. The van der Waals surface area contributed by atoms with Gasteiger partial charge in [0.1, 0.15) is 11.6 Å². The fourth-order valence-electron chi connectivity index (χ4n) is 2.05. The van der Waals surface area contributed by atoms with Crippen molar-refractivity contribution in [1.29, 1.82) is 0 Å². The van der Waals surface area contributed by atoms with E-state index < -0.39 is 5.82 Å². The summed E-state index contributed by atoms with van der Waals surface area (Å²) in [7, 11) is 1.66. The van der Waals surface area contributed by atoms with Crippen LogP contribution in [-0.4, -0.2) is 7.11 Å². The Morgan fingerprint density at radius 3 is 2.70 bits per heavy atom. The van der Waals surface area contributed by atoms with Crippen molar-refractivity contribution in [2.24, 2.45) is 0 Å². The minimum absolute atomic E-state index is 0.120. The van der Waals surface area contributed by atoms with Crippen LogP contribution in [0, 0.1) is 5.82 Å². The quantitative estimate of drug-likeness (QED) is 0.885. The van der Waals surface area contributed by atoms with Crippen LogP contribution >= 0.6 is 11.6 Å². The molecule has 1 N–H and O–H groups in total. The van der Waals surface area contributed by atoms with E-state index in [9.17, 15) is 4.39 Å². The second-order valence-electron chi connectivity index (χ2n) is 4.59. The van der Waals surface area contributed by atoms with Gasteiger partial charge in [0.15, 0.2) is 0 Å². The number of rotatable bonds is 5. The van der Waals surface area contributed by atoms with Gasteiger partial charge in [-0.15, -0.1) is 0 Å². The number of benzene rings is 2. The Bertz CT molecular complexity index is 588. The van der Waals surface area contributed by atoms with Crippen LogP contribution in [-0.2, 0) is 6.54 Å². The zero-order chi connectivity index (χ0) is 14.5. The van der Waals surface area contributed by atoms with Crippen LogP contribution in [0.2, 0.25) is 5.02 Å². The largest absolute Gasteiger partial charge is 0.496 e. The van der Waals surface area contributed by atoms with Gasteiger partial charge in [0.25, 0.3) is 0 Å². The molecule has 2 aromatic rings. The zero-order valence-corrected chi connectivity index (χ0v) is 12.2. The van der Waals surface area contributed by atoms with E-state index in [1.165, 1.54) is 6.07 Å². The molecule has 0 saturated carbocycles.